The molecule has 1 rings (SSSR count). The second-order valence-corrected chi connectivity index (χ2v) is 6.31. The minimum absolute atomic E-state index is 0.165. The second-order valence-electron chi connectivity index (χ2n) is 5.31. The smallest absolute Gasteiger partial charge is 0.265 e. The Balaban J connectivity index is 3.22. The lowest BCUT2D eigenvalue weighted by atomic mass is 10.2. The summed E-state index contributed by atoms with van der Waals surface area (Å²) in [6, 6.07) is 0. The summed E-state index contributed by atoms with van der Waals surface area (Å²) in [6.45, 7) is 1.51. The van der Waals surface area contributed by atoms with Gasteiger partial charge in [-0.2, -0.15) is 0 Å². The van der Waals surface area contributed by atoms with Gasteiger partial charge in [-0.25, -0.2) is 0 Å². The largest absolute Gasteiger partial charge is 0.397 e. The number of amides is 2. The molecule has 0 saturated carbocycles. The molecule has 118 valence electrons. The van der Waals surface area contributed by atoms with Crippen LogP contribution in [0.15, 0.2) is 0 Å². The first kappa shape index (κ1) is 17.3. The van der Waals surface area contributed by atoms with Gasteiger partial charge in [0.05, 0.1) is 11.3 Å². The first-order chi connectivity index (χ1) is 9.66. The van der Waals surface area contributed by atoms with E-state index in [0.717, 1.165) is 6.54 Å². The van der Waals surface area contributed by atoms with E-state index in [1.807, 2.05) is 30.9 Å². The van der Waals surface area contributed by atoms with Gasteiger partial charge in [0.15, 0.2) is 0 Å². The van der Waals surface area contributed by atoms with Gasteiger partial charge in [0.25, 0.3) is 11.8 Å². The molecule has 7 nitrogen and oxygen atoms in total. The molecule has 0 saturated heterocycles. The zero-order chi connectivity index (χ0) is 16.3. The van der Waals surface area contributed by atoms with Crippen LogP contribution in [0.1, 0.15) is 20.0 Å². The standard InChI is InChI=1S/C13H23N5O2S/c1-16(2)6-7-18(5)13-8(11(15)19)9(14)10(21-13)12(20)17(3)4/h6-7,14H2,1-5H3,(H2,15,19). The Labute approximate surface area is 129 Å². The van der Waals surface area contributed by atoms with Gasteiger partial charge in [0.1, 0.15) is 9.88 Å². The highest BCUT2D eigenvalue weighted by atomic mass is 32.1. The molecule has 1 aromatic rings. The lowest BCUT2D eigenvalue weighted by Crippen LogP contribution is -2.29. The molecule has 4 N–H and O–H groups in total. The van der Waals surface area contributed by atoms with E-state index in [1.54, 1.807) is 14.1 Å². The zero-order valence-electron chi connectivity index (χ0n) is 13.1. The van der Waals surface area contributed by atoms with Crippen LogP contribution < -0.4 is 16.4 Å². The lowest BCUT2D eigenvalue weighted by molar-refractivity contribution is 0.0833. The molecule has 21 heavy (non-hydrogen) atoms. The molecule has 0 unspecified atom stereocenters. The third kappa shape index (κ3) is 3.85. The Kier molecular flexibility index (Phi) is 5.56. The lowest BCUT2D eigenvalue weighted by Gasteiger charge is -2.20. The van der Waals surface area contributed by atoms with Crippen LogP contribution in [0, 0.1) is 0 Å². The summed E-state index contributed by atoms with van der Waals surface area (Å²) in [5.74, 6) is -0.847. The van der Waals surface area contributed by atoms with Crippen molar-refractivity contribution in [3.8, 4) is 0 Å². The number of rotatable bonds is 6. The van der Waals surface area contributed by atoms with E-state index in [4.69, 9.17) is 11.5 Å². The number of thiophene rings is 1. The number of carbonyl (C=O) groups is 2. The van der Waals surface area contributed by atoms with E-state index >= 15 is 0 Å². The average molecular weight is 313 g/mol. The Morgan fingerprint density at radius 1 is 1.10 bits per heavy atom. The predicted molar refractivity (Wildman–Crippen MR) is 87.1 cm³/mol. The molecular formula is C13H23N5O2S. The molecule has 0 spiro atoms. The van der Waals surface area contributed by atoms with Gasteiger partial charge in [-0.1, -0.05) is 0 Å². The minimum atomic E-state index is -0.617. The number of anilines is 2. The molecular weight excluding hydrogens is 290 g/mol. The fourth-order valence-corrected chi connectivity index (χ4v) is 2.99. The molecule has 8 heteroatoms. The molecule has 0 aliphatic carbocycles. The van der Waals surface area contributed by atoms with E-state index in [0.29, 0.717) is 16.4 Å². The summed E-state index contributed by atoms with van der Waals surface area (Å²) >= 11 is 1.20. The SMILES string of the molecule is CN(C)CCN(C)c1sc(C(=O)N(C)C)c(N)c1C(N)=O. The quantitative estimate of drug-likeness (QED) is 0.778. The van der Waals surface area contributed by atoms with Crippen molar-refractivity contribution in [2.45, 2.75) is 0 Å². The van der Waals surface area contributed by atoms with Crippen LogP contribution in [0.4, 0.5) is 10.7 Å². The summed E-state index contributed by atoms with van der Waals surface area (Å²) in [4.78, 5) is 29.5. The van der Waals surface area contributed by atoms with Crippen LogP contribution in [-0.4, -0.2) is 69.9 Å². The van der Waals surface area contributed by atoms with Gasteiger partial charge in [-0.05, 0) is 14.1 Å². The van der Waals surface area contributed by atoms with Gasteiger partial charge >= 0.3 is 0 Å². The van der Waals surface area contributed by atoms with Crippen molar-refractivity contribution >= 4 is 33.8 Å². The van der Waals surface area contributed by atoms with E-state index in [9.17, 15) is 9.59 Å². The Morgan fingerprint density at radius 3 is 2.10 bits per heavy atom. The van der Waals surface area contributed by atoms with Gasteiger partial charge in [0, 0.05) is 34.2 Å². The monoisotopic (exact) mass is 313 g/mol. The molecule has 0 aliphatic rings. The number of carbonyl (C=O) groups excluding carboxylic acids is 2. The highest BCUT2D eigenvalue weighted by molar-refractivity contribution is 7.19. The van der Waals surface area contributed by atoms with Crippen molar-refractivity contribution in [2.75, 3.05) is 59.0 Å². The molecule has 0 bridgehead atoms. The maximum atomic E-state index is 12.1. The maximum Gasteiger partial charge on any atom is 0.265 e. The third-order valence-electron chi connectivity index (χ3n) is 3.00. The van der Waals surface area contributed by atoms with Gasteiger partial charge in [-0.15, -0.1) is 11.3 Å². The van der Waals surface area contributed by atoms with Crippen LogP contribution in [0.3, 0.4) is 0 Å². The molecule has 1 heterocycles. The highest BCUT2D eigenvalue weighted by Crippen LogP contribution is 2.38. The van der Waals surface area contributed by atoms with Gasteiger partial charge in [0.2, 0.25) is 0 Å². The topological polar surface area (TPSA) is 95.9 Å². The number of hydrogen-bond acceptors (Lipinski definition) is 6. The summed E-state index contributed by atoms with van der Waals surface area (Å²) in [5, 5.41) is 0.632. The molecule has 1 aromatic heterocycles. The second kappa shape index (κ2) is 6.77. The van der Waals surface area contributed by atoms with Crippen molar-refractivity contribution in [3.05, 3.63) is 10.4 Å². The summed E-state index contributed by atoms with van der Waals surface area (Å²) in [5.41, 5.74) is 11.8. The van der Waals surface area contributed by atoms with Crippen molar-refractivity contribution in [3.63, 3.8) is 0 Å². The molecule has 0 fully saturated rings. The normalized spacial score (nSPS) is 10.8. The number of hydrogen-bond donors (Lipinski definition) is 2. The van der Waals surface area contributed by atoms with Gasteiger partial charge < -0.3 is 26.2 Å². The number of nitrogens with two attached hydrogens (primary N) is 2. The highest BCUT2D eigenvalue weighted by Gasteiger charge is 2.26. The zero-order valence-corrected chi connectivity index (χ0v) is 14.0. The maximum absolute atomic E-state index is 12.1. The first-order valence-electron chi connectivity index (χ1n) is 6.46. The van der Waals surface area contributed by atoms with Crippen molar-refractivity contribution in [2.24, 2.45) is 5.73 Å². The fourth-order valence-electron chi connectivity index (χ4n) is 1.75. The van der Waals surface area contributed by atoms with E-state index < -0.39 is 5.91 Å². The summed E-state index contributed by atoms with van der Waals surface area (Å²) < 4.78 is 0. The molecule has 0 radical (unpaired) electrons. The van der Waals surface area contributed by atoms with E-state index in [2.05, 4.69) is 0 Å². The van der Waals surface area contributed by atoms with Crippen molar-refractivity contribution in [1.82, 2.24) is 9.80 Å². The molecule has 2 amide bonds. The van der Waals surface area contributed by atoms with Crippen LogP contribution in [-0.2, 0) is 0 Å². The molecule has 0 atom stereocenters. The van der Waals surface area contributed by atoms with Crippen LogP contribution in [0.25, 0.3) is 0 Å². The minimum Gasteiger partial charge on any atom is -0.397 e. The van der Waals surface area contributed by atoms with Gasteiger partial charge in [-0.3, -0.25) is 9.59 Å². The number of likely N-dealkylation sites (N-methyl/N-ethyl adjacent to an activating group) is 2. The van der Waals surface area contributed by atoms with E-state index in [1.165, 1.54) is 16.2 Å². The Bertz CT molecular complexity index is 539. The molecule has 0 aliphatic heterocycles. The Morgan fingerprint density at radius 2 is 1.67 bits per heavy atom. The fraction of sp³-hybridized carbons (Fsp3) is 0.538. The van der Waals surface area contributed by atoms with Crippen LogP contribution >= 0.6 is 11.3 Å². The predicted octanol–water partition coefficient (Wildman–Crippen LogP) is 0.129. The summed E-state index contributed by atoms with van der Waals surface area (Å²) in [6.07, 6.45) is 0. The number of nitrogens with zero attached hydrogens (tertiary/aromatic N) is 3. The Hall–Kier alpha value is -1.80. The number of primary amides is 1. The van der Waals surface area contributed by atoms with Crippen LogP contribution in [0.2, 0.25) is 0 Å². The molecule has 0 aromatic carbocycles. The first-order valence-corrected chi connectivity index (χ1v) is 7.28. The van der Waals surface area contributed by atoms with Crippen molar-refractivity contribution in [1.29, 1.82) is 0 Å². The van der Waals surface area contributed by atoms with Crippen molar-refractivity contribution < 1.29 is 9.59 Å². The number of nitrogen functional groups attached to an aromatic ring is 1. The third-order valence-corrected chi connectivity index (χ3v) is 4.31. The average Bonchev–Trinajstić information content (AvgIpc) is 2.72. The van der Waals surface area contributed by atoms with E-state index in [-0.39, 0.29) is 17.2 Å². The van der Waals surface area contributed by atoms with Crippen LogP contribution in [0.5, 0.6) is 0 Å². The summed E-state index contributed by atoms with van der Waals surface area (Å²) in [7, 11) is 9.06.